The summed E-state index contributed by atoms with van der Waals surface area (Å²) in [5.74, 6) is -1.09. The maximum Gasteiger partial charge on any atom is 0.407 e. The second-order valence-corrected chi connectivity index (χ2v) is 9.74. The number of amides is 1. The molecule has 0 saturated carbocycles. The van der Waals surface area contributed by atoms with E-state index in [1.165, 1.54) is 36.9 Å². The lowest BCUT2D eigenvalue weighted by molar-refractivity contribution is -0.126. The van der Waals surface area contributed by atoms with Gasteiger partial charge in [-0.1, -0.05) is 6.07 Å². The maximum absolute atomic E-state index is 13.8. The van der Waals surface area contributed by atoms with Crippen LogP contribution >= 0.6 is 0 Å². The average Bonchev–Trinajstić information content (AvgIpc) is 2.63. The zero-order valence-electron chi connectivity index (χ0n) is 14.8. The first-order chi connectivity index (χ1) is 11.9. The van der Waals surface area contributed by atoms with Crippen molar-refractivity contribution >= 4 is 27.6 Å². The number of carbonyl (C=O) groups is 2. The number of sulfonamides is 1. The van der Waals surface area contributed by atoms with Gasteiger partial charge in [-0.25, -0.2) is 17.6 Å². The van der Waals surface area contributed by atoms with Gasteiger partial charge in [0.05, 0.1) is 5.69 Å². The van der Waals surface area contributed by atoms with Gasteiger partial charge >= 0.3 is 6.09 Å². The number of piperidine rings is 1. The lowest BCUT2D eigenvalue weighted by Crippen LogP contribution is -2.60. The summed E-state index contributed by atoms with van der Waals surface area (Å²) in [6.07, 6.45) is -1.06. The first kappa shape index (κ1) is 18.6. The van der Waals surface area contributed by atoms with Gasteiger partial charge in [-0.15, -0.1) is 0 Å². The Hall–Kier alpha value is -2.16. The van der Waals surface area contributed by atoms with Gasteiger partial charge in [0.1, 0.15) is 16.1 Å². The van der Waals surface area contributed by atoms with Crippen LogP contribution in [0.2, 0.25) is 0 Å². The molecular weight excluding hydrogens is 363 g/mol. The van der Waals surface area contributed by atoms with Crippen molar-refractivity contribution in [2.75, 3.05) is 10.8 Å². The third-order valence-electron chi connectivity index (χ3n) is 5.46. The molecule has 2 aliphatic heterocycles. The molecule has 1 aromatic carbocycles. The molecule has 2 saturated heterocycles. The van der Waals surface area contributed by atoms with Crippen LogP contribution in [-0.2, 0) is 14.8 Å². The Kier molecular flexibility index (Phi) is 4.06. The van der Waals surface area contributed by atoms with E-state index in [9.17, 15) is 27.5 Å². The Labute approximate surface area is 151 Å². The SMILES string of the molecule is C[C@H]1C[C@]2(CCN1C(=O)O)C(=O)C(C)(C)S(=O)(=O)N2c1cccc(F)c1. The van der Waals surface area contributed by atoms with Gasteiger partial charge in [0, 0.05) is 12.6 Å². The molecule has 0 radical (unpaired) electrons. The second-order valence-electron chi connectivity index (χ2n) is 7.40. The summed E-state index contributed by atoms with van der Waals surface area (Å²) in [5.41, 5.74) is -1.33. The monoisotopic (exact) mass is 384 g/mol. The van der Waals surface area contributed by atoms with Gasteiger partial charge in [-0.05, 0) is 51.8 Å². The molecule has 2 atom stereocenters. The minimum atomic E-state index is -4.10. The molecule has 26 heavy (non-hydrogen) atoms. The van der Waals surface area contributed by atoms with Gasteiger partial charge in [-0.2, -0.15) is 0 Å². The summed E-state index contributed by atoms with van der Waals surface area (Å²) >= 11 is 0. The van der Waals surface area contributed by atoms with E-state index in [0.29, 0.717) is 0 Å². The van der Waals surface area contributed by atoms with Crippen molar-refractivity contribution in [3.05, 3.63) is 30.1 Å². The number of benzene rings is 1. The molecule has 7 nitrogen and oxygen atoms in total. The van der Waals surface area contributed by atoms with Crippen LogP contribution in [0.4, 0.5) is 14.9 Å². The normalized spacial score (nSPS) is 30.0. The van der Waals surface area contributed by atoms with E-state index in [4.69, 9.17) is 0 Å². The molecule has 9 heteroatoms. The largest absolute Gasteiger partial charge is 0.465 e. The van der Waals surface area contributed by atoms with Crippen molar-refractivity contribution in [2.45, 2.75) is 49.9 Å². The number of ketones is 1. The van der Waals surface area contributed by atoms with Gasteiger partial charge in [0.25, 0.3) is 0 Å². The molecule has 1 N–H and O–H groups in total. The summed E-state index contributed by atoms with van der Waals surface area (Å²) in [4.78, 5) is 25.8. The summed E-state index contributed by atoms with van der Waals surface area (Å²) in [7, 11) is -4.10. The number of hydrogen-bond acceptors (Lipinski definition) is 4. The first-order valence-electron chi connectivity index (χ1n) is 8.30. The summed E-state index contributed by atoms with van der Waals surface area (Å²) in [6.45, 7) is 4.36. The third-order valence-corrected chi connectivity index (χ3v) is 7.98. The Morgan fingerprint density at radius 3 is 2.54 bits per heavy atom. The number of halogens is 1. The zero-order chi connectivity index (χ0) is 19.5. The molecule has 1 aromatic rings. The minimum Gasteiger partial charge on any atom is -0.465 e. The van der Waals surface area contributed by atoms with Crippen molar-refractivity contribution in [2.24, 2.45) is 0 Å². The van der Waals surface area contributed by atoms with Crippen LogP contribution < -0.4 is 4.31 Å². The predicted molar refractivity (Wildman–Crippen MR) is 93.0 cm³/mol. The fourth-order valence-corrected chi connectivity index (χ4v) is 6.10. The van der Waals surface area contributed by atoms with Crippen LogP contribution in [-0.4, -0.2) is 53.2 Å². The average molecular weight is 384 g/mol. The van der Waals surface area contributed by atoms with E-state index >= 15 is 0 Å². The molecule has 1 spiro atoms. The summed E-state index contributed by atoms with van der Waals surface area (Å²) < 4.78 is 39.5. The van der Waals surface area contributed by atoms with Crippen molar-refractivity contribution in [1.29, 1.82) is 0 Å². The number of likely N-dealkylation sites (tertiary alicyclic amines) is 1. The van der Waals surface area contributed by atoms with Crippen molar-refractivity contribution in [1.82, 2.24) is 4.90 Å². The highest BCUT2D eigenvalue weighted by molar-refractivity contribution is 7.95. The van der Waals surface area contributed by atoms with Gasteiger partial charge in [0.2, 0.25) is 10.0 Å². The van der Waals surface area contributed by atoms with Crippen LogP contribution in [0.5, 0.6) is 0 Å². The number of carboxylic acid groups (broad SMARTS) is 1. The van der Waals surface area contributed by atoms with Crippen LogP contribution in [0.1, 0.15) is 33.6 Å². The van der Waals surface area contributed by atoms with E-state index in [1.807, 2.05) is 0 Å². The number of hydrogen-bond donors (Lipinski definition) is 1. The fraction of sp³-hybridized carbons (Fsp3) is 0.529. The highest BCUT2D eigenvalue weighted by atomic mass is 32.2. The smallest absolute Gasteiger partial charge is 0.407 e. The molecule has 3 rings (SSSR count). The molecule has 142 valence electrons. The van der Waals surface area contributed by atoms with Crippen LogP contribution in [0.25, 0.3) is 0 Å². The van der Waals surface area contributed by atoms with E-state index < -0.39 is 44.0 Å². The van der Waals surface area contributed by atoms with Gasteiger partial charge in [-0.3, -0.25) is 9.10 Å². The first-order valence-corrected chi connectivity index (χ1v) is 9.74. The molecule has 1 amide bonds. The molecule has 2 heterocycles. The molecular formula is C17H21FN2O5S. The number of rotatable bonds is 1. The van der Waals surface area contributed by atoms with Crippen molar-refractivity contribution in [3.63, 3.8) is 0 Å². The Morgan fingerprint density at radius 1 is 1.35 bits per heavy atom. The van der Waals surface area contributed by atoms with Crippen molar-refractivity contribution in [3.8, 4) is 0 Å². The Morgan fingerprint density at radius 2 is 2.00 bits per heavy atom. The lowest BCUT2D eigenvalue weighted by atomic mass is 9.76. The molecule has 0 aromatic heterocycles. The van der Waals surface area contributed by atoms with E-state index in [1.54, 1.807) is 6.92 Å². The molecule has 0 aliphatic carbocycles. The van der Waals surface area contributed by atoms with E-state index in [-0.39, 0.29) is 25.1 Å². The molecule has 2 fully saturated rings. The quantitative estimate of drug-likeness (QED) is 0.801. The summed E-state index contributed by atoms with van der Waals surface area (Å²) in [5, 5.41) is 9.29. The number of nitrogens with zero attached hydrogens (tertiary/aromatic N) is 2. The van der Waals surface area contributed by atoms with Gasteiger partial charge < -0.3 is 10.0 Å². The summed E-state index contributed by atoms with van der Waals surface area (Å²) in [6, 6.07) is 4.57. The Bertz CT molecular complexity index is 885. The Balaban J connectivity index is 2.19. The van der Waals surface area contributed by atoms with E-state index in [2.05, 4.69) is 0 Å². The van der Waals surface area contributed by atoms with Crippen LogP contribution in [0, 0.1) is 5.82 Å². The standard InChI is InChI=1S/C17H21FN2O5S/c1-11-10-17(7-8-19(11)15(22)23)14(21)16(2,3)26(24,25)20(17)13-6-4-5-12(18)9-13/h4-6,9,11H,7-8,10H2,1-3H3,(H,22,23)/t11-,17+/m0/s1. The topological polar surface area (TPSA) is 95.0 Å². The van der Waals surface area contributed by atoms with E-state index in [0.717, 1.165) is 10.4 Å². The predicted octanol–water partition coefficient (Wildman–Crippen LogP) is 2.22. The van der Waals surface area contributed by atoms with Crippen molar-refractivity contribution < 1.29 is 27.5 Å². The highest BCUT2D eigenvalue weighted by Crippen LogP contribution is 2.49. The number of carbonyl (C=O) groups excluding carboxylic acids is 1. The third kappa shape index (κ3) is 2.33. The van der Waals surface area contributed by atoms with Gasteiger partial charge in [0.15, 0.2) is 5.78 Å². The highest BCUT2D eigenvalue weighted by Gasteiger charge is 2.68. The molecule has 0 bridgehead atoms. The lowest BCUT2D eigenvalue weighted by Gasteiger charge is -2.45. The van der Waals surface area contributed by atoms with Crippen LogP contribution in [0.15, 0.2) is 24.3 Å². The zero-order valence-corrected chi connectivity index (χ0v) is 15.6. The fourth-order valence-electron chi connectivity index (χ4n) is 4.12. The number of anilines is 1. The second kappa shape index (κ2) is 5.67. The minimum absolute atomic E-state index is 0.0251. The maximum atomic E-state index is 13.8. The van der Waals surface area contributed by atoms with Crippen LogP contribution in [0.3, 0.4) is 0 Å². The molecule has 0 unspecified atom stereocenters. The number of Topliss-reactive ketones (excluding diaryl/α,β-unsaturated/α-hetero) is 1. The molecule has 2 aliphatic rings.